The van der Waals surface area contributed by atoms with Crippen LogP contribution in [0.1, 0.15) is 33.6 Å². The van der Waals surface area contributed by atoms with Crippen molar-refractivity contribution in [3.05, 3.63) is 0 Å². The largest absolute Gasteiger partial charge is 0.477 e. The number of carbonyl (C=O) groups excluding carboxylic acids is 1. The summed E-state index contributed by atoms with van der Waals surface area (Å²) in [4.78, 5) is 23.5. The summed E-state index contributed by atoms with van der Waals surface area (Å²) >= 11 is 0. The van der Waals surface area contributed by atoms with Gasteiger partial charge in [0.2, 0.25) is 0 Å². The molecule has 0 spiro atoms. The average molecular weight is 279 g/mol. The van der Waals surface area contributed by atoms with Crippen LogP contribution < -0.4 is 0 Å². The molecule has 1 saturated heterocycles. The fourth-order valence-corrected chi connectivity index (χ4v) is 1.93. The van der Waals surface area contributed by atoms with Crippen molar-refractivity contribution in [2.45, 2.75) is 45.1 Å². The van der Waals surface area contributed by atoms with Crippen LogP contribution in [-0.4, -0.2) is 46.7 Å². The molecule has 1 aliphatic heterocycles. The summed E-state index contributed by atoms with van der Waals surface area (Å²) in [7, 11) is 0. The van der Waals surface area contributed by atoms with E-state index in [2.05, 4.69) is 0 Å². The molecule has 0 aromatic carbocycles. The van der Waals surface area contributed by atoms with E-state index in [0.717, 1.165) is 0 Å². The Morgan fingerprint density at radius 1 is 1.21 bits per heavy atom. The Balaban J connectivity index is 2.54. The van der Waals surface area contributed by atoms with Gasteiger partial charge in [-0.25, -0.2) is 9.59 Å². The molecule has 110 valence electrons. The van der Waals surface area contributed by atoms with Crippen LogP contribution in [0.5, 0.6) is 0 Å². The van der Waals surface area contributed by atoms with E-state index in [1.165, 1.54) is 4.90 Å². The molecule has 0 aromatic rings. The van der Waals surface area contributed by atoms with Crippen LogP contribution >= 0.6 is 0 Å². The fourth-order valence-electron chi connectivity index (χ4n) is 1.93. The van der Waals surface area contributed by atoms with E-state index in [1.54, 1.807) is 20.8 Å². The van der Waals surface area contributed by atoms with Gasteiger partial charge in [0.05, 0.1) is 0 Å². The van der Waals surface area contributed by atoms with Gasteiger partial charge in [0.1, 0.15) is 5.60 Å². The third kappa shape index (κ3) is 4.04. The molecule has 1 amide bonds. The first-order valence-electron chi connectivity index (χ1n) is 6.13. The van der Waals surface area contributed by atoms with Gasteiger partial charge in [0.15, 0.2) is 0 Å². The highest BCUT2D eigenvalue weighted by atomic mass is 19.3. The van der Waals surface area contributed by atoms with E-state index in [0.29, 0.717) is 0 Å². The van der Waals surface area contributed by atoms with E-state index in [4.69, 9.17) is 9.84 Å². The molecule has 1 N–H and O–H groups in total. The number of alkyl halides is 2. The second kappa shape index (κ2) is 5.30. The number of carbonyl (C=O) groups is 2. The molecular weight excluding hydrogens is 260 g/mol. The van der Waals surface area contributed by atoms with E-state index in [-0.39, 0.29) is 25.9 Å². The van der Waals surface area contributed by atoms with Crippen molar-refractivity contribution < 1.29 is 28.2 Å². The molecule has 0 radical (unpaired) electrons. The monoisotopic (exact) mass is 279 g/mol. The van der Waals surface area contributed by atoms with Crippen molar-refractivity contribution in [1.82, 2.24) is 4.90 Å². The molecule has 0 unspecified atom stereocenters. The topological polar surface area (TPSA) is 66.8 Å². The maximum Gasteiger partial charge on any atom is 0.410 e. The SMILES string of the molecule is CC(C)(C)OC(=O)N1CCC(C(F)(F)C(=O)O)CC1. The summed E-state index contributed by atoms with van der Waals surface area (Å²) in [6, 6.07) is 0. The van der Waals surface area contributed by atoms with Gasteiger partial charge >= 0.3 is 18.0 Å². The summed E-state index contributed by atoms with van der Waals surface area (Å²) < 4.78 is 31.7. The molecule has 0 aliphatic carbocycles. The predicted octanol–water partition coefficient (Wildman–Crippen LogP) is 2.35. The van der Waals surface area contributed by atoms with Crippen LogP contribution in [0.3, 0.4) is 0 Å². The smallest absolute Gasteiger partial charge is 0.410 e. The normalized spacial score (nSPS) is 18.3. The first-order chi connectivity index (χ1) is 8.54. The average Bonchev–Trinajstić information content (AvgIpc) is 2.26. The lowest BCUT2D eigenvalue weighted by Crippen LogP contribution is -2.47. The van der Waals surface area contributed by atoms with Crippen molar-refractivity contribution >= 4 is 12.1 Å². The number of rotatable bonds is 2. The third-order valence-electron chi connectivity index (χ3n) is 2.94. The zero-order valence-electron chi connectivity index (χ0n) is 11.3. The number of amides is 1. The maximum absolute atomic E-state index is 13.3. The van der Waals surface area contributed by atoms with Crippen molar-refractivity contribution in [2.75, 3.05) is 13.1 Å². The summed E-state index contributed by atoms with van der Waals surface area (Å²) in [5.41, 5.74) is -0.640. The van der Waals surface area contributed by atoms with Crippen LogP contribution in [-0.2, 0) is 9.53 Å². The molecule has 1 heterocycles. The van der Waals surface area contributed by atoms with E-state index in [9.17, 15) is 18.4 Å². The highest BCUT2D eigenvalue weighted by Gasteiger charge is 2.48. The third-order valence-corrected chi connectivity index (χ3v) is 2.94. The van der Waals surface area contributed by atoms with Crippen molar-refractivity contribution in [3.8, 4) is 0 Å². The van der Waals surface area contributed by atoms with Gasteiger partial charge in [-0.3, -0.25) is 0 Å². The van der Waals surface area contributed by atoms with Crippen molar-refractivity contribution in [2.24, 2.45) is 5.92 Å². The minimum atomic E-state index is -3.74. The minimum absolute atomic E-state index is 0.0431. The highest BCUT2D eigenvalue weighted by molar-refractivity contribution is 5.75. The number of ether oxygens (including phenoxy) is 1. The highest BCUT2D eigenvalue weighted by Crippen LogP contribution is 2.33. The Morgan fingerprint density at radius 3 is 2.05 bits per heavy atom. The van der Waals surface area contributed by atoms with Crippen LogP contribution in [0.4, 0.5) is 13.6 Å². The lowest BCUT2D eigenvalue weighted by Gasteiger charge is -2.35. The number of aliphatic carboxylic acids is 1. The zero-order chi connectivity index (χ0) is 14.8. The number of hydrogen-bond donors (Lipinski definition) is 1. The van der Waals surface area contributed by atoms with Crippen molar-refractivity contribution in [1.29, 1.82) is 0 Å². The van der Waals surface area contributed by atoms with E-state index in [1.807, 2.05) is 0 Å². The predicted molar refractivity (Wildman–Crippen MR) is 63.1 cm³/mol. The van der Waals surface area contributed by atoms with Gasteiger partial charge in [-0.1, -0.05) is 0 Å². The van der Waals surface area contributed by atoms with Gasteiger partial charge < -0.3 is 14.7 Å². The first-order valence-corrected chi connectivity index (χ1v) is 6.13. The van der Waals surface area contributed by atoms with Crippen LogP contribution in [0.25, 0.3) is 0 Å². The van der Waals surface area contributed by atoms with Gasteiger partial charge in [-0.2, -0.15) is 8.78 Å². The molecule has 19 heavy (non-hydrogen) atoms. The number of carboxylic acids is 1. The van der Waals surface area contributed by atoms with Crippen LogP contribution in [0, 0.1) is 5.92 Å². The molecule has 5 nitrogen and oxygen atoms in total. The van der Waals surface area contributed by atoms with Gasteiger partial charge in [-0.15, -0.1) is 0 Å². The van der Waals surface area contributed by atoms with Crippen LogP contribution in [0.15, 0.2) is 0 Å². The number of piperidine rings is 1. The molecular formula is C12H19F2NO4. The number of likely N-dealkylation sites (tertiary alicyclic amines) is 1. The summed E-state index contributed by atoms with van der Waals surface area (Å²) in [5, 5.41) is 8.47. The maximum atomic E-state index is 13.3. The Labute approximate surface area is 110 Å². The van der Waals surface area contributed by atoms with Crippen LogP contribution in [0.2, 0.25) is 0 Å². The number of nitrogens with zero attached hydrogens (tertiary/aromatic N) is 1. The standard InChI is InChI=1S/C12H19F2NO4/c1-11(2,3)19-10(18)15-6-4-8(5-7-15)12(13,14)9(16)17/h8H,4-7H2,1-3H3,(H,16,17). The van der Waals surface area contributed by atoms with Gasteiger partial charge in [0, 0.05) is 19.0 Å². The summed E-state index contributed by atoms with van der Waals surface area (Å²) in [5.74, 6) is -7.08. The lowest BCUT2D eigenvalue weighted by molar-refractivity contribution is -0.176. The van der Waals surface area contributed by atoms with Gasteiger partial charge in [0.25, 0.3) is 0 Å². The second-order valence-electron chi connectivity index (χ2n) is 5.67. The molecule has 0 aromatic heterocycles. The Hall–Kier alpha value is -1.40. The first kappa shape index (κ1) is 15.7. The molecule has 7 heteroatoms. The van der Waals surface area contributed by atoms with E-state index >= 15 is 0 Å². The molecule has 0 atom stereocenters. The Bertz CT molecular complexity index is 357. The molecule has 1 rings (SSSR count). The van der Waals surface area contributed by atoms with E-state index < -0.39 is 29.5 Å². The Kier molecular flexibility index (Phi) is 4.37. The minimum Gasteiger partial charge on any atom is -0.477 e. The number of halogens is 2. The second-order valence-corrected chi connectivity index (χ2v) is 5.67. The Morgan fingerprint density at radius 2 is 1.68 bits per heavy atom. The lowest BCUT2D eigenvalue weighted by atomic mass is 9.90. The quantitative estimate of drug-likeness (QED) is 0.842. The summed E-state index contributed by atoms with van der Waals surface area (Å²) in [6.07, 6.45) is -0.638. The van der Waals surface area contributed by atoms with Gasteiger partial charge in [-0.05, 0) is 33.6 Å². The molecule has 0 saturated carbocycles. The fraction of sp³-hybridized carbons (Fsp3) is 0.833. The zero-order valence-corrected chi connectivity index (χ0v) is 11.3. The number of carboxylic acid groups (broad SMARTS) is 1. The summed E-state index contributed by atoms with van der Waals surface area (Å²) in [6.45, 7) is 5.33. The molecule has 1 aliphatic rings. The van der Waals surface area contributed by atoms with Crippen molar-refractivity contribution in [3.63, 3.8) is 0 Å². The number of hydrogen-bond acceptors (Lipinski definition) is 3. The molecule has 0 bridgehead atoms. The molecule has 1 fully saturated rings.